The second-order valence-corrected chi connectivity index (χ2v) is 3.28. The zero-order valence-corrected chi connectivity index (χ0v) is 9.21. The number of nitrogens with two attached hydrogens (primary N) is 1. The van der Waals surface area contributed by atoms with Crippen molar-refractivity contribution < 1.29 is 4.74 Å². The van der Waals surface area contributed by atoms with Crippen LogP contribution in [-0.4, -0.2) is 26.4 Å². The van der Waals surface area contributed by atoms with Crippen molar-refractivity contribution in [3.05, 3.63) is 24.3 Å². The molecule has 0 fully saturated rings. The van der Waals surface area contributed by atoms with Crippen molar-refractivity contribution in [1.82, 2.24) is 19.7 Å². The Morgan fingerprint density at radius 1 is 1.44 bits per heavy atom. The lowest BCUT2D eigenvalue weighted by molar-refractivity contribution is 0.323. The van der Waals surface area contributed by atoms with E-state index in [1.807, 2.05) is 13.8 Å². The molecule has 2 aromatic rings. The Morgan fingerprint density at radius 2 is 2.25 bits per heavy atom. The molecule has 0 aromatic carbocycles. The van der Waals surface area contributed by atoms with E-state index in [-0.39, 0.29) is 0 Å². The number of aromatic nitrogens is 4. The van der Waals surface area contributed by atoms with E-state index in [1.165, 1.54) is 6.33 Å². The van der Waals surface area contributed by atoms with Crippen LogP contribution in [-0.2, 0) is 0 Å². The van der Waals surface area contributed by atoms with Crippen LogP contribution in [0.2, 0.25) is 0 Å². The number of hydrogen-bond acceptors (Lipinski definition) is 5. The summed E-state index contributed by atoms with van der Waals surface area (Å²) < 4.78 is 6.99. The second-order valence-electron chi connectivity index (χ2n) is 3.28. The molecule has 0 aliphatic heterocycles. The fourth-order valence-electron chi connectivity index (χ4n) is 1.39. The largest absolute Gasteiger partial charge is 0.478 e. The van der Waals surface area contributed by atoms with Gasteiger partial charge in [0.15, 0.2) is 5.82 Å². The van der Waals surface area contributed by atoms with Crippen molar-refractivity contribution in [2.75, 3.05) is 12.3 Å². The molecule has 0 radical (unpaired) electrons. The van der Waals surface area contributed by atoms with E-state index in [0.717, 1.165) is 5.56 Å². The summed E-state index contributed by atoms with van der Waals surface area (Å²) in [5.74, 6) is 1.25. The minimum atomic E-state index is 0.568. The number of nitrogen functional groups attached to an aromatic ring is 1. The van der Waals surface area contributed by atoms with Crippen molar-refractivity contribution >= 4 is 5.69 Å². The molecule has 2 rings (SSSR count). The minimum Gasteiger partial charge on any atom is -0.478 e. The van der Waals surface area contributed by atoms with E-state index in [0.29, 0.717) is 24.0 Å². The van der Waals surface area contributed by atoms with Gasteiger partial charge in [-0.15, -0.1) is 0 Å². The molecule has 2 heterocycles. The first-order valence-corrected chi connectivity index (χ1v) is 4.97. The number of rotatable bonds is 3. The topological polar surface area (TPSA) is 78.9 Å². The van der Waals surface area contributed by atoms with E-state index in [1.54, 1.807) is 17.1 Å². The van der Waals surface area contributed by atoms with E-state index in [2.05, 4.69) is 15.1 Å². The zero-order valence-electron chi connectivity index (χ0n) is 9.21. The van der Waals surface area contributed by atoms with Gasteiger partial charge in [0, 0.05) is 0 Å². The minimum absolute atomic E-state index is 0.568. The highest BCUT2D eigenvalue weighted by Gasteiger charge is 2.10. The molecule has 6 nitrogen and oxygen atoms in total. The Balaban J connectivity index is 2.45. The maximum Gasteiger partial charge on any atom is 0.221 e. The lowest BCUT2D eigenvalue weighted by Crippen LogP contribution is -2.05. The quantitative estimate of drug-likeness (QED) is 0.831. The van der Waals surface area contributed by atoms with Gasteiger partial charge in [0.05, 0.1) is 30.3 Å². The van der Waals surface area contributed by atoms with Crippen LogP contribution in [0.3, 0.4) is 0 Å². The van der Waals surface area contributed by atoms with Gasteiger partial charge >= 0.3 is 0 Å². The van der Waals surface area contributed by atoms with Crippen LogP contribution in [0.15, 0.2) is 18.7 Å². The van der Waals surface area contributed by atoms with Crippen LogP contribution >= 0.6 is 0 Å². The van der Waals surface area contributed by atoms with E-state index >= 15 is 0 Å². The molecule has 0 saturated carbocycles. The molecule has 0 saturated heterocycles. The number of ether oxygens (including phenoxy) is 1. The molecule has 16 heavy (non-hydrogen) atoms. The fraction of sp³-hybridized carbons (Fsp3) is 0.300. The Hall–Kier alpha value is -2.11. The maximum atomic E-state index is 5.60. The van der Waals surface area contributed by atoms with Crippen molar-refractivity contribution in [3.63, 3.8) is 0 Å². The molecule has 0 unspecified atom stereocenters. The summed E-state index contributed by atoms with van der Waals surface area (Å²) in [6, 6.07) is 0. The fourth-order valence-corrected chi connectivity index (χ4v) is 1.39. The Labute approximate surface area is 93.1 Å². The molecule has 0 aliphatic rings. The number of anilines is 1. The van der Waals surface area contributed by atoms with E-state index < -0.39 is 0 Å². The summed E-state index contributed by atoms with van der Waals surface area (Å²) in [6.07, 6.45) is 4.72. The van der Waals surface area contributed by atoms with Crippen LogP contribution in [0.5, 0.6) is 5.88 Å². The van der Waals surface area contributed by atoms with Crippen LogP contribution in [0.1, 0.15) is 12.5 Å². The highest BCUT2D eigenvalue weighted by atomic mass is 16.5. The molecule has 6 heteroatoms. The van der Waals surface area contributed by atoms with Gasteiger partial charge < -0.3 is 10.5 Å². The highest BCUT2D eigenvalue weighted by Crippen LogP contribution is 2.19. The summed E-state index contributed by atoms with van der Waals surface area (Å²) in [4.78, 5) is 8.21. The first-order valence-electron chi connectivity index (χ1n) is 4.97. The molecule has 2 aromatic heterocycles. The first-order chi connectivity index (χ1) is 7.72. The highest BCUT2D eigenvalue weighted by molar-refractivity contribution is 5.41. The predicted molar refractivity (Wildman–Crippen MR) is 59.5 cm³/mol. The molecule has 0 aliphatic carbocycles. The molecule has 84 valence electrons. The lowest BCUT2D eigenvalue weighted by Gasteiger charge is -2.08. The smallest absolute Gasteiger partial charge is 0.221 e. The van der Waals surface area contributed by atoms with Crippen molar-refractivity contribution in [2.24, 2.45) is 0 Å². The molecular weight excluding hydrogens is 206 g/mol. The summed E-state index contributed by atoms with van der Waals surface area (Å²) in [5.41, 5.74) is 7.04. The van der Waals surface area contributed by atoms with Gasteiger partial charge in [-0.3, -0.25) is 0 Å². The maximum absolute atomic E-state index is 5.60. The third-order valence-corrected chi connectivity index (χ3v) is 2.11. The third kappa shape index (κ3) is 1.81. The van der Waals surface area contributed by atoms with Crippen molar-refractivity contribution in [1.29, 1.82) is 0 Å². The lowest BCUT2D eigenvalue weighted by atomic mass is 10.3. The van der Waals surface area contributed by atoms with Gasteiger partial charge in [-0.2, -0.15) is 5.10 Å². The summed E-state index contributed by atoms with van der Waals surface area (Å²) in [5, 5.41) is 4.09. The van der Waals surface area contributed by atoms with E-state index in [9.17, 15) is 0 Å². The third-order valence-electron chi connectivity index (χ3n) is 2.11. The predicted octanol–water partition coefficient (Wildman–Crippen LogP) is 0.952. The Morgan fingerprint density at radius 3 is 2.88 bits per heavy atom. The molecule has 0 spiro atoms. The second kappa shape index (κ2) is 4.18. The molecular formula is C10H13N5O. The van der Waals surface area contributed by atoms with Gasteiger partial charge in [-0.05, 0) is 13.8 Å². The van der Waals surface area contributed by atoms with Gasteiger partial charge in [0.25, 0.3) is 0 Å². The zero-order chi connectivity index (χ0) is 11.5. The average Bonchev–Trinajstić information content (AvgIpc) is 2.68. The van der Waals surface area contributed by atoms with Gasteiger partial charge in [0.2, 0.25) is 5.88 Å². The van der Waals surface area contributed by atoms with Gasteiger partial charge in [-0.1, -0.05) is 0 Å². The van der Waals surface area contributed by atoms with Gasteiger partial charge in [-0.25, -0.2) is 14.6 Å². The van der Waals surface area contributed by atoms with Crippen LogP contribution < -0.4 is 10.5 Å². The summed E-state index contributed by atoms with van der Waals surface area (Å²) in [7, 11) is 0. The first kappa shape index (κ1) is 10.4. The van der Waals surface area contributed by atoms with Crippen LogP contribution in [0.4, 0.5) is 5.69 Å². The molecule has 2 N–H and O–H groups in total. The Bertz CT molecular complexity index is 494. The monoisotopic (exact) mass is 219 g/mol. The van der Waals surface area contributed by atoms with E-state index in [4.69, 9.17) is 10.5 Å². The standard InChI is InChI=1S/C10H13N5O/c1-3-16-10-7(2)9(12-6-13-10)15-5-8(11)4-14-15/h4-6H,3,11H2,1-2H3. The van der Waals surface area contributed by atoms with Crippen molar-refractivity contribution in [3.8, 4) is 11.7 Å². The molecule has 0 amide bonds. The molecule has 0 bridgehead atoms. The SMILES string of the molecule is CCOc1ncnc(-n2cc(N)cn2)c1C. The number of hydrogen-bond donors (Lipinski definition) is 1. The summed E-state index contributed by atoms with van der Waals surface area (Å²) in [6.45, 7) is 4.36. The Kier molecular flexibility index (Phi) is 2.72. The van der Waals surface area contributed by atoms with Crippen LogP contribution in [0, 0.1) is 6.92 Å². The average molecular weight is 219 g/mol. The summed E-state index contributed by atoms with van der Waals surface area (Å²) >= 11 is 0. The normalized spacial score (nSPS) is 10.4. The number of nitrogens with zero attached hydrogens (tertiary/aromatic N) is 4. The van der Waals surface area contributed by atoms with Crippen LogP contribution in [0.25, 0.3) is 5.82 Å². The van der Waals surface area contributed by atoms with Crippen molar-refractivity contribution in [2.45, 2.75) is 13.8 Å². The molecule has 0 atom stereocenters. The van der Waals surface area contributed by atoms with Gasteiger partial charge in [0.1, 0.15) is 6.33 Å².